The summed E-state index contributed by atoms with van der Waals surface area (Å²) in [6.07, 6.45) is 0. The van der Waals surface area contributed by atoms with E-state index in [1.165, 1.54) is 18.2 Å². The number of anilines is 1. The van der Waals surface area contributed by atoms with Gasteiger partial charge in [-0.2, -0.15) is 0 Å². The highest BCUT2D eigenvalue weighted by Crippen LogP contribution is 2.27. The maximum absolute atomic E-state index is 13.9. The van der Waals surface area contributed by atoms with Gasteiger partial charge in [0.25, 0.3) is 11.8 Å². The summed E-state index contributed by atoms with van der Waals surface area (Å²) < 4.78 is 19.3. The highest BCUT2D eigenvalue weighted by Gasteiger charge is 2.17. The largest absolute Gasteiger partial charge is 0.496 e. The molecular formula is C25H25FN2O3. The topological polar surface area (TPSA) is 67.4 Å². The molecule has 0 radical (unpaired) electrons. The Morgan fingerprint density at radius 3 is 2.42 bits per heavy atom. The summed E-state index contributed by atoms with van der Waals surface area (Å²) in [6.45, 7) is 5.66. The van der Waals surface area contributed by atoms with E-state index in [4.69, 9.17) is 4.74 Å². The molecule has 5 nitrogen and oxygen atoms in total. The van der Waals surface area contributed by atoms with E-state index in [9.17, 15) is 14.0 Å². The lowest BCUT2D eigenvalue weighted by Gasteiger charge is -2.18. The van der Waals surface area contributed by atoms with Crippen LogP contribution in [0.3, 0.4) is 0 Å². The van der Waals surface area contributed by atoms with Crippen LogP contribution < -0.4 is 15.4 Å². The van der Waals surface area contributed by atoms with Gasteiger partial charge in [0.15, 0.2) is 0 Å². The molecule has 2 amide bonds. The van der Waals surface area contributed by atoms with Gasteiger partial charge in [0, 0.05) is 16.8 Å². The molecule has 0 spiro atoms. The number of nitrogens with one attached hydrogen (secondary N) is 2. The van der Waals surface area contributed by atoms with Crippen LogP contribution in [-0.2, 0) is 0 Å². The van der Waals surface area contributed by atoms with E-state index in [2.05, 4.69) is 10.6 Å². The summed E-state index contributed by atoms with van der Waals surface area (Å²) in [7, 11) is 1.59. The van der Waals surface area contributed by atoms with Gasteiger partial charge in [0.1, 0.15) is 11.6 Å². The molecule has 3 aromatic rings. The molecule has 2 N–H and O–H groups in total. The molecule has 0 aliphatic carbocycles. The van der Waals surface area contributed by atoms with Crippen molar-refractivity contribution in [3.8, 4) is 5.75 Å². The van der Waals surface area contributed by atoms with E-state index in [1.54, 1.807) is 38.3 Å². The Bertz CT molecular complexity index is 1130. The second kappa shape index (κ2) is 9.43. The highest BCUT2D eigenvalue weighted by atomic mass is 19.1. The van der Waals surface area contributed by atoms with Crippen molar-refractivity contribution in [2.24, 2.45) is 0 Å². The normalized spacial score (nSPS) is 11.5. The summed E-state index contributed by atoms with van der Waals surface area (Å²) >= 11 is 0. The van der Waals surface area contributed by atoms with Crippen molar-refractivity contribution < 1.29 is 18.7 Å². The Morgan fingerprint density at radius 1 is 0.968 bits per heavy atom. The number of rotatable bonds is 6. The predicted octanol–water partition coefficient (Wildman–Crippen LogP) is 5.19. The molecule has 160 valence electrons. The predicted molar refractivity (Wildman–Crippen MR) is 119 cm³/mol. The lowest BCUT2D eigenvalue weighted by atomic mass is 10.0. The minimum absolute atomic E-state index is 0.0584. The van der Waals surface area contributed by atoms with Crippen LogP contribution in [0, 0.1) is 19.7 Å². The minimum Gasteiger partial charge on any atom is -0.496 e. The zero-order valence-corrected chi connectivity index (χ0v) is 18.0. The van der Waals surface area contributed by atoms with Crippen LogP contribution in [-0.4, -0.2) is 18.9 Å². The van der Waals surface area contributed by atoms with Gasteiger partial charge in [0.05, 0.1) is 18.7 Å². The molecule has 0 heterocycles. The first kappa shape index (κ1) is 22.0. The van der Waals surface area contributed by atoms with Crippen molar-refractivity contribution in [2.75, 3.05) is 12.4 Å². The van der Waals surface area contributed by atoms with Gasteiger partial charge < -0.3 is 15.4 Å². The van der Waals surface area contributed by atoms with Crippen molar-refractivity contribution in [3.05, 3.63) is 94.3 Å². The van der Waals surface area contributed by atoms with Gasteiger partial charge in [-0.05, 0) is 56.7 Å². The van der Waals surface area contributed by atoms with Crippen LogP contribution in [0.4, 0.5) is 10.1 Å². The molecule has 0 fully saturated rings. The van der Waals surface area contributed by atoms with E-state index in [0.717, 1.165) is 16.7 Å². The van der Waals surface area contributed by atoms with E-state index >= 15 is 0 Å². The summed E-state index contributed by atoms with van der Waals surface area (Å²) in [4.78, 5) is 25.3. The number of ether oxygens (including phenoxy) is 1. The molecule has 3 rings (SSSR count). The molecule has 1 unspecified atom stereocenters. The van der Waals surface area contributed by atoms with E-state index in [1.807, 2.05) is 32.0 Å². The Labute approximate surface area is 181 Å². The average molecular weight is 420 g/mol. The molecule has 0 saturated heterocycles. The van der Waals surface area contributed by atoms with Gasteiger partial charge in [-0.1, -0.05) is 35.9 Å². The second-order valence-corrected chi connectivity index (χ2v) is 7.40. The van der Waals surface area contributed by atoms with Crippen molar-refractivity contribution in [1.29, 1.82) is 0 Å². The van der Waals surface area contributed by atoms with Crippen molar-refractivity contribution in [1.82, 2.24) is 5.32 Å². The molecule has 0 saturated carbocycles. The van der Waals surface area contributed by atoms with E-state index in [-0.39, 0.29) is 17.5 Å². The van der Waals surface area contributed by atoms with Gasteiger partial charge in [-0.25, -0.2) is 4.39 Å². The maximum atomic E-state index is 13.9. The molecule has 0 aliphatic rings. The molecule has 1 atom stereocenters. The van der Waals surface area contributed by atoms with E-state index < -0.39 is 11.7 Å². The number of benzene rings is 3. The van der Waals surface area contributed by atoms with Gasteiger partial charge in [-0.3, -0.25) is 9.59 Å². The van der Waals surface area contributed by atoms with Crippen LogP contribution >= 0.6 is 0 Å². The number of carbonyl (C=O) groups is 2. The van der Waals surface area contributed by atoms with Gasteiger partial charge in [0.2, 0.25) is 0 Å². The first-order chi connectivity index (χ1) is 14.8. The van der Waals surface area contributed by atoms with Crippen LogP contribution in [0.2, 0.25) is 0 Å². The third-order valence-electron chi connectivity index (χ3n) is 5.07. The number of aryl methyl sites for hydroxylation is 2. The van der Waals surface area contributed by atoms with Crippen LogP contribution in [0.1, 0.15) is 50.4 Å². The average Bonchev–Trinajstić information content (AvgIpc) is 2.75. The number of hydrogen-bond donors (Lipinski definition) is 2. The maximum Gasteiger partial charge on any atom is 0.258 e. The molecular weight excluding hydrogens is 395 g/mol. The first-order valence-corrected chi connectivity index (χ1v) is 9.92. The fourth-order valence-electron chi connectivity index (χ4n) is 3.28. The van der Waals surface area contributed by atoms with Gasteiger partial charge in [-0.15, -0.1) is 0 Å². The third-order valence-corrected chi connectivity index (χ3v) is 5.07. The standard InChI is InChI=1S/C25H25FN2O3/c1-15-9-12-23(31-4)20(13-15)17(3)27-24(29)18-11-10-16(2)22(14-18)28-25(30)19-7-5-6-8-21(19)26/h5-14,17H,1-4H3,(H,27,29)(H,28,30). The second-order valence-electron chi connectivity index (χ2n) is 7.40. The monoisotopic (exact) mass is 420 g/mol. The SMILES string of the molecule is COc1ccc(C)cc1C(C)NC(=O)c1ccc(C)c(NC(=O)c2ccccc2F)c1. The van der Waals surface area contributed by atoms with Gasteiger partial charge >= 0.3 is 0 Å². The first-order valence-electron chi connectivity index (χ1n) is 9.92. The number of methoxy groups -OCH3 is 1. The fourth-order valence-corrected chi connectivity index (χ4v) is 3.28. The van der Waals surface area contributed by atoms with Crippen molar-refractivity contribution in [2.45, 2.75) is 26.8 Å². The summed E-state index contributed by atoms with van der Waals surface area (Å²) in [5.41, 5.74) is 3.46. The number of amides is 2. The van der Waals surface area contributed by atoms with E-state index in [0.29, 0.717) is 17.0 Å². The molecule has 0 aliphatic heterocycles. The minimum atomic E-state index is -0.604. The van der Waals surface area contributed by atoms with Crippen LogP contribution in [0.25, 0.3) is 0 Å². The lowest BCUT2D eigenvalue weighted by Crippen LogP contribution is -2.27. The van der Waals surface area contributed by atoms with Crippen LogP contribution in [0.15, 0.2) is 60.7 Å². The Morgan fingerprint density at radius 2 is 1.71 bits per heavy atom. The summed E-state index contributed by atoms with van der Waals surface area (Å²) in [5.74, 6) is -0.776. The van der Waals surface area contributed by atoms with Crippen LogP contribution in [0.5, 0.6) is 5.75 Å². The van der Waals surface area contributed by atoms with Crippen molar-refractivity contribution >= 4 is 17.5 Å². The quantitative estimate of drug-likeness (QED) is 0.576. The third kappa shape index (κ3) is 5.09. The lowest BCUT2D eigenvalue weighted by molar-refractivity contribution is 0.0938. The zero-order valence-electron chi connectivity index (χ0n) is 18.0. The summed E-state index contributed by atoms with van der Waals surface area (Å²) in [6, 6.07) is 16.3. The van der Waals surface area contributed by atoms with Crippen molar-refractivity contribution in [3.63, 3.8) is 0 Å². The Balaban J connectivity index is 1.79. The Kier molecular flexibility index (Phi) is 6.70. The smallest absolute Gasteiger partial charge is 0.258 e. The number of carbonyl (C=O) groups excluding carboxylic acids is 2. The summed E-state index contributed by atoms with van der Waals surface area (Å²) in [5, 5.41) is 5.66. The number of hydrogen-bond acceptors (Lipinski definition) is 3. The molecule has 6 heteroatoms. The highest BCUT2D eigenvalue weighted by molar-refractivity contribution is 6.05. The molecule has 0 aromatic heterocycles. The number of halogens is 1. The molecule has 31 heavy (non-hydrogen) atoms. The molecule has 3 aromatic carbocycles. The zero-order chi connectivity index (χ0) is 22.5. The Hall–Kier alpha value is -3.67. The molecule has 0 bridgehead atoms. The fraction of sp³-hybridized carbons (Fsp3) is 0.200.